The Morgan fingerprint density at radius 2 is 0.957 bits per heavy atom. The van der Waals surface area contributed by atoms with Gasteiger partial charge in [0, 0.05) is 5.56 Å². The SMILES string of the molecule is O=Cc1ccc(CCc2ccc3c(c2)-c2cc(-c4ccccc4)c(-c4ccccc4)c(-c4ccccc4)c2-c2ccccc2C3)cc1. The summed E-state index contributed by atoms with van der Waals surface area (Å²) in [5.41, 5.74) is 18.5. The Bertz CT molecular complexity index is 2200. The third-order valence-electron chi connectivity index (χ3n) is 9.49. The second kappa shape index (κ2) is 12.5. The fraction of sp³-hybridized carbons (Fsp3) is 0.0652. The first kappa shape index (κ1) is 28.7. The van der Waals surface area contributed by atoms with Crippen molar-refractivity contribution >= 4 is 6.29 Å². The first-order valence-electron chi connectivity index (χ1n) is 16.4. The van der Waals surface area contributed by atoms with Gasteiger partial charge in [-0.25, -0.2) is 0 Å². The van der Waals surface area contributed by atoms with Crippen LogP contribution >= 0.6 is 0 Å². The highest BCUT2D eigenvalue weighted by Gasteiger charge is 2.27. The van der Waals surface area contributed by atoms with Crippen molar-refractivity contribution in [3.63, 3.8) is 0 Å². The third-order valence-corrected chi connectivity index (χ3v) is 9.49. The third kappa shape index (κ3) is 5.51. The molecule has 1 nitrogen and oxygen atoms in total. The molecule has 1 aliphatic rings. The summed E-state index contributed by atoms with van der Waals surface area (Å²) in [6.07, 6.45) is 3.63. The minimum absolute atomic E-state index is 0.716. The lowest BCUT2D eigenvalue weighted by Crippen LogP contribution is -1.99. The van der Waals surface area contributed by atoms with Gasteiger partial charge in [0.25, 0.3) is 0 Å². The van der Waals surface area contributed by atoms with Gasteiger partial charge < -0.3 is 0 Å². The van der Waals surface area contributed by atoms with Crippen LogP contribution in [0, 0.1) is 0 Å². The van der Waals surface area contributed by atoms with Gasteiger partial charge in [0.1, 0.15) is 6.29 Å². The molecule has 0 spiro atoms. The van der Waals surface area contributed by atoms with Gasteiger partial charge in [-0.15, -0.1) is 0 Å². The largest absolute Gasteiger partial charge is 0.298 e. The number of hydrogen-bond acceptors (Lipinski definition) is 1. The first-order valence-corrected chi connectivity index (χ1v) is 16.4. The minimum Gasteiger partial charge on any atom is -0.298 e. The van der Waals surface area contributed by atoms with Crippen LogP contribution in [0.2, 0.25) is 0 Å². The zero-order valence-corrected chi connectivity index (χ0v) is 26.2. The first-order chi connectivity index (χ1) is 23.3. The van der Waals surface area contributed by atoms with Crippen molar-refractivity contribution in [1.82, 2.24) is 0 Å². The monoisotopic (exact) mass is 602 g/mol. The molecule has 0 aliphatic heterocycles. The van der Waals surface area contributed by atoms with Crippen LogP contribution in [0.15, 0.2) is 164 Å². The van der Waals surface area contributed by atoms with E-state index in [1.165, 1.54) is 77.9 Å². The molecule has 8 rings (SSSR count). The lowest BCUT2D eigenvalue weighted by molar-refractivity contribution is 0.112. The Morgan fingerprint density at radius 1 is 0.404 bits per heavy atom. The molecule has 0 bridgehead atoms. The normalized spacial score (nSPS) is 11.6. The van der Waals surface area contributed by atoms with Crippen LogP contribution in [-0.4, -0.2) is 6.29 Å². The molecule has 47 heavy (non-hydrogen) atoms. The molecule has 1 heteroatoms. The highest BCUT2D eigenvalue weighted by atomic mass is 16.1. The molecule has 7 aromatic carbocycles. The van der Waals surface area contributed by atoms with Gasteiger partial charge in [0.05, 0.1) is 0 Å². The molecule has 0 aromatic heterocycles. The van der Waals surface area contributed by atoms with Crippen LogP contribution in [-0.2, 0) is 19.3 Å². The molecule has 0 amide bonds. The Kier molecular flexibility index (Phi) is 7.65. The maximum atomic E-state index is 11.2. The molecule has 0 atom stereocenters. The fourth-order valence-corrected chi connectivity index (χ4v) is 7.18. The summed E-state index contributed by atoms with van der Waals surface area (Å²) in [5, 5.41) is 0. The highest BCUT2D eigenvalue weighted by Crippen LogP contribution is 2.52. The van der Waals surface area contributed by atoms with Crippen LogP contribution in [0.1, 0.15) is 32.6 Å². The standard InChI is InChI=1S/C46H34O/c47-31-34-24-21-32(22-25-34)20-23-33-26-27-39-29-38-18-10-11-19-40(38)46-43(41(39)28-33)30-42(35-12-4-1-5-13-35)44(36-14-6-2-7-15-36)45(46)37-16-8-3-9-17-37/h1-19,21-22,24-28,30-31H,20,23,29H2. The zero-order chi connectivity index (χ0) is 31.6. The molecular weight excluding hydrogens is 569 g/mol. The van der Waals surface area contributed by atoms with Gasteiger partial charge in [-0.05, 0) is 103 Å². The van der Waals surface area contributed by atoms with E-state index in [0.717, 1.165) is 25.5 Å². The summed E-state index contributed by atoms with van der Waals surface area (Å²) in [4.78, 5) is 11.2. The molecule has 0 saturated carbocycles. The quantitative estimate of drug-likeness (QED) is 0.166. The van der Waals surface area contributed by atoms with Crippen molar-refractivity contribution in [3.05, 3.63) is 192 Å². The van der Waals surface area contributed by atoms with Gasteiger partial charge in [0.15, 0.2) is 0 Å². The van der Waals surface area contributed by atoms with Gasteiger partial charge in [-0.1, -0.05) is 158 Å². The summed E-state index contributed by atoms with van der Waals surface area (Å²) in [7, 11) is 0. The van der Waals surface area contributed by atoms with Crippen LogP contribution in [0.5, 0.6) is 0 Å². The van der Waals surface area contributed by atoms with Crippen LogP contribution < -0.4 is 0 Å². The number of benzene rings is 7. The average molecular weight is 603 g/mol. The van der Waals surface area contributed by atoms with Crippen LogP contribution in [0.4, 0.5) is 0 Å². The van der Waals surface area contributed by atoms with E-state index >= 15 is 0 Å². The summed E-state index contributed by atoms with van der Waals surface area (Å²) in [6, 6.07) is 59.2. The van der Waals surface area contributed by atoms with Crippen molar-refractivity contribution in [2.24, 2.45) is 0 Å². The van der Waals surface area contributed by atoms with Crippen molar-refractivity contribution in [2.75, 3.05) is 0 Å². The van der Waals surface area contributed by atoms with Crippen LogP contribution in [0.25, 0.3) is 55.6 Å². The number of hydrogen-bond donors (Lipinski definition) is 0. The smallest absolute Gasteiger partial charge is 0.150 e. The molecule has 0 saturated heterocycles. The van der Waals surface area contributed by atoms with E-state index in [1.54, 1.807) is 0 Å². The van der Waals surface area contributed by atoms with E-state index in [-0.39, 0.29) is 0 Å². The molecule has 224 valence electrons. The van der Waals surface area contributed by atoms with E-state index in [0.29, 0.717) is 5.56 Å². The maximum Gasteiger partial charge on any atom is 0.150 e. The van der Waals surface area contributed by atoms with Gasteiger partial charge in [0.2, 0.25) is 0 Å². The predicted octanol–water partition coefficient (Wildman–Crippen LogP) is 11.5. The minimum atomic E-state index is 0.716. The Hall–Kier alpha value is -5.79. The van der Waals surface area contributed by atoms with Crippen molar-refractivity contribution < 1.29 is 4.79 Å². The lowest BCUT2D eigenvalue weighted by atomic mass is 9.78. The second-order valence-electron chi connectivity index (χ2n) is 12.4. The van der Waals surface area contributed by atoms with Gasteiger partial charge in [-0.3, -0.25) is 4.79 Å². The highest BCUT2D eigenvalue weighted by molar-refractivity contribution is 6.08. The second-order valence-corrected chi connectivity index (χ2v) is 12.4. The number of carbonyl (C=O) groups is 1. The lowest BCUT2D eigenvalue weighted by Gasteiger charge is -2.24. The Balaban J connectivity index is 1.42. The predicted molar refractivity (Wildman–Crippen MR) is 196 cm³/mol. The van der Waals surface area contributed by atoms with Crippen LogP contribution in [0.3, 0.4) is 0 Å². The number of aryl methyl sites for hydroxylation is 2. The summed E-state index contributed by atoms with van der Waals surface area (Å²) in [6.45, 7) is 0. The number of carbonyl (C=O) groups excluding carboxylic acids is 1. The number of aldehydes is 1. The van der Waals surface area contributed by atoms with Crippen molar-refractivity contribution in [2.45, 2.75) is 19.3 Å². The Labute approximate surface area is 276 Å². The molecule has 0 unspecified atom stereocenters. The molecule has 0 fully saturated rings. The fourth-order valence-electron chi connectivity index (χ4n) is 7.18. The van der Waals surface area contributed by atoms with E-state index in [9.17, 15) is 4.79 Å². The summed E-state index contributed by atoms with van der Waals surface area (Å²) >= 11 is 0. The van der Waals surface area contributed by atoms with E-state index in [4.69, 9.17) is 0 Å². The molecule has 0 heterocycles. The molecule has 7 aromatic rings. The average Bonchev–Trinajstić information content (AvgIpc) is 3.28. The molecule has 0 radical (unpaired) electrons. The summed E-state index contributed by atoms with van der Waals surface area (Å²) in [5.74, 6) is 0. The van der Waals surface area contributed by atoms with Gasteiger partial charge in [-0.2, -0.15) is 0 Å². The van der Waals surface area contributed by atoms with E-state index in [2.05, 4.69) is 152 Å². The van der Waals surface area contributed by atoms with Gasteiger partial charge >= 0.3 is 0 Å². The van der Waals surface area contributed by atoms with E-state index < -0.39 is 0 Å². The maximum absolute atomic E-state index is 11.2. The zero-order valence-electron chi connectivity index (χ0n) is 26.2. The molecular formula is C46H34O. The Morgan fingerprint density at radius 3 is 1.64 bits per heavy atom. The number of rotatable bonds is 7. The molecule has 1 aliphatic carbocycles. The van der Waals surface area contributed by atoms with Crippen molar-refractivity contribution in [1.29, 1.82) is 0 Å². The van der Waals surface area contributed by atoms with Crippen molar-refractivity contribution in [3.8, 4) is 55.6 Å². The number of fused-ring (bicyclic) bond motifs is 5. The topological polar surface area (TPSA) is 17.1 Å². The van der Waals surface area contributed by atoms with E-state index in [1.807, 2.05) is 12.1 Å². The molecule has 0 N–H and O–H groups in total. The summed E-state index contributed by atoms with van der Waals surface area (Å²) < 4.78 is 0.